The Bertz CT molecular complexity index is 1440. The summed E-state index contributed by atoms with van der Waals surface area (Å²) in [5.74, 6) is 0.772. The Labute approximate surface area is 217 Å². The number of fused-ring (bicyclic) bond motifs is 1. The van der Waals surface area contributed by atoms with E-state index in [1.165, 1.54) is 4.57 Å². The van der Waals surface area contributed by atoms with Crippen LogP contribution in [-0.2, 0) is 4.74 Å². The van der Waals surface area contributed by atoms with Gasteiger partial charge in [-0.2, -0.15) is 9.97 Å². The molecule has 10 nitrogen and oxygen atoms in total. The monoisotopic (exact) mass is 520 g/mol. The van der Waals surface area contributed by atoms with Crippen LogP contribution < -0.4 is 15.5 Å². The molecule has 2 fully saturated rings. The summed E-state index contributed by atoms with van der Waals surface area (Å²) in [4.78, 5) is 31.9. The van der Waals surface area contributed by atoms with E-state index < -0.39 is 6.43 Å². The van der Waals surface area contributed by atoms with Gasteiger partial charge in [-0.3, -0.25) is 14.3 Å². The number of carbonyl (C=O) groups is 1. The summed E-state index contributed by atoms with van der Waals surface area (Å²) in [7, 11) is 0. The number of anilines is 2. The SMILES string of the molecule is O=C(NC1CC(Nc2cc(-n3c(C(F)F)nc4ccccc43)nc(N3CCOCC3)n2)C1)c1ccncc1. The summed E-state index contributed by atoms with van der Waals surface area (Å²) in [6.45, 7) is 2.27. The van der Waals surface area contributed by atoms with E-state index in [2.05, 4.69) is 25.6 Å². The average molecular weight is 521 g/mol. The number of hydrogen-bond acceptors (Lipinski definition) is 8. The number of aromatic nitrogens is 5. The molecular formula is C26H26F2N8O2. The molecule has 196 valence electrons. The second-order valence-corrected chi connectivity index (χ2v) is 9.32. The third-order valence-corrected chi connectivity index (χ3v) is 6.77. The molecule has 38 heavy (non-hydrogen) atoms. The van der Waals surface area contributed by atoms with E-state index in [-0.39, 0.29) is 23.8 Å². The number of para-hydroxylation sites is 2. The van der Waals surface area contributed by atoms with Crippen molar-refractivity contribution in [3.05, 3.63) is 66.2 Å². The van der Waals surface area contributed by atoms with Crippen molar-refractivity contribution >= 4 is 28.7 Å². The number of rotatable bonds is 7. The zero-order valence-electron chi connectivity index (χ0n) is 20.4. The van der Waals surface area contributed by atoms with Crippen molar-refractivity contribution in [1.29, 1.82) is 0 Å². The number of hydrogen-bond donors (Lipinski definition) is 2. The van der Waals surface area contributed by atoms with Gasteiger partial charge < -0.3 is 20.3 Å². The minimum Gasteiger partial charge on any atom is -0.378 e. The van der Waals surface area contributed by atoms with Gasteiger partial charge in [0.2, 0.25) is 5.95 Å². The third-order valence-electron chi connectivity index (χ3n) is 6.77. The Kier molecular flexibility index (Phi) is 6.54. The lowest BCUT2D eigenvalue weighted by atomic mass is 9.86. The molecule has 4 aromatic rings. The Morgan fingerprint density at radius 1 is 1.00 bits per heavy atom. The summed E-state index contributed by atoms with van der Waals surface area (Å²) in [5.41, 5.74) is 1.58. The Morgan fingerprint density at radius 3 is 2.53 bits per heavy atom. The molecule has 1 aromatic carbocycles. The fourth-order valence-corrected chi connectivity index (χ4v) is 4.78. The number of nitrogens with one attached hydrogen (secondary N) is 2. The average Bonchev–Trinajstić information content (AvgIpc) is 3.33. The van der Waals surface area contributed by atoms with Crippen LogP contribution in [0.25, 0.3) is 16.9 Å². The molecule has 0 unspecified atom stereocenters. The first-order valence-electron chi connectivity index (χ1n) is 12.5. The van der Waals surface area contributed by atoms with Gasteiger partial charge in [0, 0.05) is 49.2 Å². The van der Waals surface area contributed by atoms with Crippen molar-refractivity contribution in [1.82, 2.24) is 29.8 Å². The largest absolute Gasteiger partial charge is 0.378 e. The molecule has 0 bridgehead atoms. The molecule has 6 rings (SSSR count). The standard InChI is InChI=1S/C26H26F2N8O2/c27-23(28)24-32-19-3-1-2-4-20(19)36(24)22-15-21(33-26(34-22)35-9-11-38-12-10-35)30-17-13-18(14-17)31-25(37)16-5-7-29-8-6-16/h1-8,15,17-18,23H,9-14H2,(H,31,37)(H,30,33,34). The van der Waals surface area contributed by atoms with Crippen LogP contribution in [0.2, 0.25) is 0 Å². The summed E-state index contributed by atoms with van der Waals surface area (Å²) < 4.78 is 34.9. The van der Waals surface area contributed by atoms with Gasteiger partial charge in [-0.1, -0.05) is 12.1 Å². The van der Waals surface area contributed by atoms with E-state index in [9.17, 15) is 13.6 Å². The molecule has 3 aromatic heterocycles. The Hall–Kier alpha value is -4.19. The van der Waals surface area contributed by atoms with Crippen LogP contribution in [0.3, 0.4) is 0 Å². The highest BCUT2D eigenvalue weighted by atomic mass is 19.3. The van der Waals surface area contributed by atoms with Crippen molar-refractivity contribution in [2.24, 2.45) is 0 Å². The quantitative estimate of drug-likeness (QED) is 0.382. The van der Waals surface area contributed by atoms with Crippen molar-refractivity contribution < 1.29 is 18.3 Å². The maximum absolute atomic E-state index is 14.0. The number of pyridine rings is 1. The lowest BCUT2D eigenvalue weighted by molar-refractivity contribution is 0.0912. The minimum atomic E-state index is -2.78. The first kappa shape index (κ1) is 24.2. The van der Waals surface area contributed by atoms with Crippen molar-refractivity contribution in [3.8, 4) is 5.82 Å². The number of halogens is 2. The highest BCUT2D eigenvalue weighted by molar-refractivity contribution is 5.94. The van der Waals surface area contributed by atoms with Crippen LogP contribution in [0, 0.1) is 0 Å². The smallest absolute Gasteiger partial charge is 0.296 e. The minimum absolute atomic E-state index is 0.0243. The molecule has 1 aliphatic heterocycles. The molecular weight excluding hydrogens is 494 g/mol. The van der Waals surface area contributed by atoms with Crippen LogP contribution in [-0.4, -0.2) is 68.8 Å². The van der Waals surface area contributed by atoms with Crippen molar-refractivity contribution in [2.75, 3.05) is 36.5 Å². The van der Waals surface area contributed by atoms with E-state index in [4.69, 9.17) is 9.72 Å². The van der Waals surface area contributed by atoms with E-state index in [0.29, 0.717) is 73.3 Å². The molecule has 1 amide bonds. The number of benzene rings is 1. The van der Waals surface area contributed by atoms with Gasteiger partial charge in [0.25, 0.3) is 12.3 Å². The number of alkyl halides is 2. The second kappa shape index (κ2) is 10.3. The maximum Gasteiger partial charge on any atom is 0.296 e. The van der Waals surface area contributed by atoms with Crippen LogP contribution >= 0.6 is 0 Å². The molecule has 2 N–H and O–H groups in total. The van der Waals surface area contributed by atoms with Gasteiger partial charge in [-0.25, -0.2) is 13.8 Å². The molecule has 1 saturated carbocycles. The lowest BCUT2D eigenvalue weighted by Crippen LogP contribution is -2.49. The summed E-state index contributed by atoms with van der Waals surface area (Å²) in [5, 5.41) is 6.44. The van der Waals surface area contributed by atoms with Crippen LogP contribution in [0.15, 0.2) is 54.9 Å². The molecule has 0 radical (unpaired) electrons. The van der Waals surface area contributed by atoms with E-state index in [1.54, 1.807) is 54.9 Å². The fraction of sp³-hybridized carbons (Fsp3) is 0.346. The van der Waals surface area contributed by atoms with E-state index in [0.717, 1.165) is 0 Å². The molecule has 0 spiro atoms. The highest BCUT2D eigenvalue weighted by Crippen LogP contribution is 2.30. The van der Waals surface area contributed by atoms with Crippen LogP contribution in [0.4, 0.5) is 20.5 Å². The summed E-state index contributed by atoms with van der Waals surface area (Å²) >= 11 is 0. The second-order valence-electron chi connectivity index (χ2n) is 9.32. The van der Waals surface area contributed by atoms with Crippen molar-refractivity contribution in [2.45, 2.75) is 31.4 Å². The molecule has 1 saturated heterocycles. The summed E-state index contributed by atoms with van der Waals surface area (Å²) in [6.07, 6.45) is 1.80. The first-order chi connectivity index (χ1) is 18.5. The molecule has 2 aliphatic rings. The van der Waals surface area contributed by atoms with Gasteiger partial charge in [-0.05, 0) is 37.1 Å². The van der Waals surface area contributed by atoms with Crippen molar-refractivity contribution in [3.63, 3.8) is 0 Å². The van der Waals surface area contributed by atoms with Gasteiger partial charge in [0.05, 0.1) is 24.2 Å². The van der Waals surface area contributed by atoms with Gasteiger partial charge in [0.15, 0.2) is 5.82 Å². The van der Waals surface area contributed by atoms with Gasteiger partial charge >= 0.3 is 0 Å². The summed E-state index contributed by atoms with van der Waals surface area (Å²) in [6, 6.07) is 12.1. The van der Waals surface area contributed by atoms with E-state index in [1.807, 2.05) is 4.90 Å². The molecule has 0 atom stereocenters. The number of morpholine rings is 1. The third kappa shape index (κ3) is 4.86. The van der Waals surface area contributed by atoms with E-state index >= 15 is 0 Å². The number of imidazole rings is 1. The first-order valence-corrected chi connectivity index (χ1v) is 12.5. The topological polar surface area (TPSA) is 110 Å². The van der Waals surface area contributed by atoms with Crippen LogP contribution in [0.1, 0.15) is 35.4 Å². The fourth-order valence-electron chi connectivity index (χ4n) is 4.78. The number of carbonyl (C=O) groups excluding carboxylic acids is 1. The zero-order valence-corrected chi connectivity index (χ0v) is 20.4. The van der Waals surface area contributed by atoms with Crippen LogP contribution in [0.5, 0.6) is 0 Å². The zero-order chi connectivity index (χ0) is 26.1. The number of ether oxygens (including phenoxy) is 1. The Morgan fingerprint density at radius 2 is 1.76 bits per heavy atom. The van der Waals surface area contributed by atoms with Gasteiger partial charge in [-0.15, -0.1) is 0 Å². The highest BCUT2D eigenvalue weighted by Gasteiger charge is 2.31. The predicted octanol–water partition coefficient (Wildman–Crippen LogP) is 3.36. The number of nitrogens with zero attached hydrogens (tertiary/aromatic N) is 6. The molecule has 12 heteroatoms. The maximum atomic E-state index is 14.0. The normalized spacial score (nSPS) is 19.4. The Balaban J connectivity index is 1.26. The van der Waals surface area contributed by atoms with Gasteiger partial charge in [0.1, 0.15) is 11.6 Å². The lowest BCUT2D eigenvalue weighted by Gasteiger charge is -2.37. The predicted molar refractivity (Wildman–Crippen MR) is 137 cm³/mol. The molecule has 1 aliphatic carbocycles. The number of amides is 1. The molecule has 4 heterocycles.